The first-order valence-corrected chi connectivity index (χ1v) is 11.4. The second kappa shape index (κ2) is 24.2. The molecule has 0 unspecified atom stereocenters. The van der Waals surface area contributed by atoms with Gasteiger partial charge in [-0.1, -0.05) is 105 Å². The topological polar surface area (TPSA) is 70.7 Å². The first-order valence-electron chi connectivity index (χ1n) is 11.4. The molecule has 0 aromatic rings. The van der Waals surface area contributed by atoms with E-state index in [1.54, 1.807) is 0 Å². The average molecular weight is 499 g/mol. The number of hydrogen-bond acceptors (Lipinski definition) is 1. The first-order chi connectivity index (χ1) is 12.3. The summed E-state index contributed by atoms with van der Waals surface area (Å²) in [6.07, 6.45) is 20.5. The summed E-state index contributed by atoms with van der Waals surface area (Å²) in [5.74, 6) is -0.154. The van der Waals surface area contributed by atoms with E-state index < -0.39 is 0 Å². The highest BCUT2D eigenvalue weighted by Crippen LogP contribution is 2.22. The number of quaternary nitrogens is 1. The first kappa shape index (κ1) is 31.8. The third-order valence-corrected chi connectivity index (χ3v) is 4.70. The summed E-state index contributed by atoms with van der Waals surface area (Å²) in [6, 6.07) is 0. The molecule has 0 aliphatic rings. The summed E-state index contributed by atoms with van der Waals surface area (Å²) in [4.78, 5) is 10.6. The number of nitrogens with two attached hydrogens (primary N) is 1. The van der Waals surface area contributed by atoms with Crippen LogP contribution >= 0.6 is 0 Å². The summed E-state index contributed by atoms with van der Waals surface area (Å²) < 4.78 is 0. The smallest absolute Gasteiger partial charge is 0.217 e. The van der Waals surface area contributed by atoms with Crippen molar-refractivity contribution < 1.29 is 34.5 Å². The van der Waals surface area contributed by atoms with Crippen molar-refractivity contribution in [1.29, 1.82) is 0 Å². The van der Waals surface area contributed by atoms with Crippen LogP contribution in [0.5, 0.6) is 0 Å². The number of primary amides is 1. The van der Waals surface area contributed by atoms with Gasteiger partial charge in [0.1, 0.15) is 0 Å². The highest BCUT2D eigenvalue weighted by molar-refractivity contribution is 5.73. The highest BCUT2D eigenvalue weighted by Gasteiger charge is 2.08. The fourth-order valence-electron chi connectivity index (χ4n) is 2.90. The van der Waals surface area contributed by atoms with Gasteiger partial charge in [0.25, 0.3) is 0 Å². The fourth-order valence-corrected chi connectivity index (χ4v) is 2.90. The minimum Gasteiger partial charge on any atom is -1.00 e. The Hall–Kier alpha value is 0.160. The van der Waals surface area contributed by atoms with E-state index >= 15 is 0 Å². The molecule has 0 atom stereocenters. The Labute approximate surface area is 188 Å². The van der Waals surface area contributed by atoms with Crippen molar-refractivity contribution in [3.63, 3.8) is 0 Å². The van der Waals surface area contributed by atoms with Crippen molar-refractivity contribution in [3.8, 4) is 0 Å². The van der Waals surface area contributed by atoms with Gasteiger partial charge in [0.2, 0.25) is 5.91 Å². The molecule has 0 saturated carbocycles. The Balaban J connectivity index is -0.00000104. The Kier molecular flexibility index (Phi) is 28.5. The molecular formula is C23H51IN2O. The molecule has 0 rings (SSSR count). The third-order valence-electron chi connectivity index (χ3n) is 4.70. The van der Waals surface area contributed by atoms with Crippen molar-refractivity contribution in [2.45, 2.75) is 130 Å². The van der Waals surface area contributed by atoms with E-state index in [0.717, 1.165) is 19.4 Å². The van der Waals surface area contributed by atoms with Gasteiger partial charge in [-0.3, -0.25) is 4.79 Å². The lowest BCUT2D eigenvalue weighted by Crippen LogP contribution is -3.00. The van der Waals surface area contributed by atoms with Crippen LogP contribution in [0.25, 0.3) is 0 Å². The van der Waals surface area contributed by atoms with E-state index in [9.17, 15) is 4.79 Å². The maximum Gasteiger partial charge on any atom is 0.217 e. The molecule has 1 amide bonds. The number of carbonyl (C=O) groups is 1. The minimum atomic E-state index is -0.154. The van der Waals surface area contributed by atoms with Crippen LogP contribution in [0, 0.1) is 5.41 Å². The van der Waals surface area contributed by atoms with E-state index in [0.29, 0.717) is 11.8 Å². The Morgan fingerprint density at radius 3 is 1.30 bits per heavy atom. The predicted molar refractivity (Wildman–Crippen MR) is 116 cm³/mol. The van der Waals surface area contributed by atoms with Crippen LogP contribution < -0.4 is 35.4 Å². The monoisotopic (exact) mass is 498 g/mol. The largest absolute Gasteiger partial charge is 1.00 e. The van der Waals surface area contributed by atoms with E-state index in [2.05, 4.69) is 33.4 Å². The Morgan fingerprint density at radius 1 is 0.741 bits per heavy atom. The highest BCUT2D eigenvalue weighted by atomic mass is 127. The molecule has 27 heavy (non-hydrogen) atoms. The van der Waals surface area contributed by atoms with Crippen molar-refractivity contribution in [3.05, 3.63) is 0 Å². The van der Waals surface area contributed by atoms with Crippen LogP contribution in [0.4, 0.5) is 0 Å². The molecule has 0 aliphatic carbocycles. The van der Waals surface area contributed by atoms with Crippen molar-refractivity contribution in [2.24, 2.45) is 11.1 Å². The number of carbonyl (C=O) groups excluding carboxylic acids is 1. The number of hydrogen-bond donors (Lipinski definition) is 2. The van der Waals surface area contributed by atoms with Crippen LogP contribution in [-0.2, 0) is 4.79 Å². The molecule has 0 heterocycles. The molecule has 0 aliphatic heterocycles. The third kappa shape index (κ3) is 37.6. The van der Waals surface area contributed by atoms with Crippen molar-refractivity contribution >= 4 is 5.91 Å². The van der Waals surface area contributed by atoms with Crippen LogP contribution in [0.1, 0.15) is 130 Å². The fraction of sp³-hybridized carbons (Fsp3) is 0.957. The van der Waals surface area contributed by atoms with Gasteiger partial charge in [0, 0.05) is 6.42 Å². The van der Waals surface area contributed by atoms with Gasteiger partial charge in [-0.15, -0.1) is 0 Å². The maximum absolute atomic E-state index is 10.6. The van der Waals surface area contributed by atoms with Crippen LogP contribution in [0.2, 0.25) is 0 Å². The molecule has 4 heteroatoms. The second-order valence-electron chi connectivity index (χ2n) is 8.98. The molecule has 0 fully saturated rings. The van der Waals surface area contributed by atoms with Crippen molar-refractivity contribution in [2.75, 3.05) is 6.54 Å². The van der Waals surface area contributed by atoms with Crippen LogP contribution in [0.15, 0.2) is 0 Å². The molecule has 0 bridgehead atoms. The number of unbranched alkanes of at least 4 members (excludes halogenated alkanes) is 12. The van der Waals surface area contributed by atoms with Crippen LogP contribution in [0.3, 0.4) is 0 Å². The van der Waals surface area contributed by atoms with E-state index in [-0.39, 0.29) is 29.9 Å². The van der Waals surface area contributed by atoms with Gasteiger partial charge in [0.05, 0.1) is 6.54 Å². The normalized spacial score (nSPS) is 10.7. The Bertz CT molecular complexity index is 289. The van der Waals surface area contributed by atoms with E-state index in [1.807, 2.05) is 0 Å². The SMILES string of the molecule is CC(C)(C)CCCCCCCCCCCCCCCC(N)=O.CCC[NH3+].[I-]. The van der Waals surface area contributed by atoms with Gasteiger partial charge in [-0.05, 0) is 24.7 Å². The van der Waals surface area contributed by atoms with Gasteiger partial charge in [-0.2, -0.15) is 0 Å². The van der Waals surface area contributed by atoms with E-state index in [4.69, 9.17) is 5.73 Å². The second-order valence-corrected chi connectivity index (χ2v) is 8.98. The summed E-state index contributed by atoms with van der Waals surface area (Å²) >= 11 is 0. The van der Waals surface area contributed by atoms with Gasteiger partial charge in [0.15, 0.2) is 0 Å². The summed E-state index contributed by atoms with van der Waals surface area (Å²) in [5.41, 5.74) is 9.24. The van der Waals surface area contributed by atoms with Crippen molar-refractivity contribution in [1.82, 2.24) is 0 Å². The van der Waals surface area contributed by atoms with Gasteiger partial charge in [-0.25, -0.2) is 0 Å². The molecule has 0 radical (unpaired) electrons. The lowest BCUT2D eigenvalue weighted by atomic mass is 9.89. The molecule has 0 aromatic carbocycles. The molecule has 3 nitrogen and oxygen atoms in total. The predicted octanol–water partition coefficient (Wildman–Crippen LogP) is 3.01. The number of amides is 1. The quantitative estimate of drug-likeness (QED) is 0.249. The molecule has 5 N–H and O–H groups in total. The molecule has 166 valence electrons. The Morgan fingerprint density at radius 2 is 1.04 bits per heavy atom. The molecule has 0 saturated heterocycles. The number of halogens is 1. The lowest BCUT2D eigenvalue weighted by Gasteiger charge is -2.17. The number of rotatable bonds is 16. The zero-order valence-electron chi connectivity index (χ0n) is 19.1. The maximum atomic E-state index is 10.6. The molecule has 0 spiro atoms. The van der Waals surface area contributed by atoms with Crippen LogP contribution in [-0.4, -0.2) is 12.5 Å². The lowest BCUT2D eigenvalue weighted by molar-refractivity contribution is -0.367. The zero-order chi connectivity index (χ0) is 20.1. The molecular weight excluding hydrogens is 447 g/mol. The summed E-state index contributed by atoms with van der Waals surface area (Å²) in [5, 5.41) is 0. The standard InChI is InChI=1S/C20H41NO.C3H9N.HI/c1-20(2,3)18-16-14-12-10-8-6-4-5-7-9-11-13-15-17-19(21)22;1-2-3-4;/h4-18H2,1-3H3,(H2,21,22);2-4H2,1H3;1H. The van der Waals surface area contributed by atoms with E-state index in [1.165, 1.54) is 83.5 Å². The minimum absolute atomic E-state index is 0. The zero-order valence-corrected chi connectivity index (χ0v) is 21.2. The summed E-state index contributed by atoms with van der Waals surface area (Å²) in [7, 11) is 0. The van der Waals surface area contributed by atoms with Gasteiger partial charge >= 0.3 is 0 Å². The van der Waals surface area contributed by atoms with Gasteiger partial charge < -0.3 is 35.4 Å². The average Bonchev–Trinajstić information content (AvgIpc) is 2.57. The summed E-state index contributed by atoms with van der Waals surface area (Å²) in [6.45, 7) is 10.2. The molecule has 0 aromatic heterocycles.